The highest BCUT2D eigenvalue weighted by atomic mass is 32.1. The zero-order chi connectivity index (χ0) is 48.5. The maximum Gasteiger partial charge on any atom is 0.252 e. The number of hydrogen-bond donors (Lipinski definition) is 0. The summed E-state index contributed by atoms with van der Waals surface area (Å²) in [5, 5.41) is 5.28. The summed E-state index contributed by atoms with van der Waals surface area (Å²) in [4.78, 5) is 8.08. The number of rotatable bonds is 3. The Morgan fingerprint density at radius 3 is 1.87 bits per heavy atom. The summed E-state index contributed by atoms with van der Waals surface area (Å²) < 4.78 is 5.30. The molecule has 0 N–H and O–H groups in total. The van der Waals surface area contributed by atoms with Crippen LogP contribution < -0.4 is 31.1 Å². The average Bonchev–Trinajstić information content (AvgIpc) is 3.98. The fourth-order valence-corrected chi connectivity index (χ4v) is 15.9. The van der Waals surface area contributed by atoms with Crippen molar-refractivity contribution in [3.8, 4) is 0 Å². The third-order valence-electron chi connectivity index (χ3n) is 17.5. The molecule has 2 aromatic heterocycles. The van der Waals surface area contributed by atoms with Crippen LogP contribution in [-0.4, -0.2) is 12.3 Å². The summed E-state index contributed by atoms with van der Waals surface area (Å²) in [7, 11) is 0. The Hall–Kier alpha value is -6.34. The first-order valence-corrected chi connectivity index (χ1v) is 27.5. The Balaban J connectivity index is 1.06. The molecule has 1 fully saturated rings. The molecule has 71 heavy (non-hydrogen) atoms. The summed E-state index contributed by atoms with van der Waals surface area (Å²) in [6, 6.07) is 59.6. The fraction of sp³-hybridized carbons (Fsp3) is 0.262. The van der Waals surface area contributed by atoms with E-state index < -0.39 is 0 Å². The standard InChI is InChI=1S/C65H60BN3S2/c1-39-33-55-60-56(34-39)68(53-20-16-19-46-44-17-10-13-22-58(44)71-61(46)53)54-38-43(69-51-28-23-40(62(2,3)4)35-48(51)64(8)31-14-15-32-65(64,69)9)25-27-49(54)66(60)50-36-41(63(5,6)7)24-29-52(50)67(55)42-26-30-59-47(37-42)45-18-11-12-21-57(45)70-59/h10-13,16-30,33-38H,14-15,31-32H2,1-9H3/t64?,65-/m1/s1. The van der Waals surface area contributed by atoms with Gasteiger partial charge in [0.2, 0.25) is 0 Å². The highest BCUT2D eigenvalue weighted by Crippen LogP contribution is 2.62. The summed E-state index contributed by atoms with van der Waals surface area (Å²) in [6.45, 7) is 21.7. The summed E-state index contributed by atoms with van der Waals surface area (Å²) in [5.74, 6) is 0. The predicted octanol–water partition coefficient (Wildman–Crippen LogP) is 17.2. The van der Waals surface area contributed by atoms with E-state index in [1.807, 2.05) is 22.7 Å². The summed E-state index contributed by atoms with van der Waals surface area (Å²) in [6.07, 6.45) is 4.86. The van der Waals surface area contributed by atoms with Gasteiger partial charge in [0, 0.05) is 80.9 Å². The Morgan fingerprint density at radius 1 is 0.479 bits per heavy atom. The van der Waals surface area contributed by atoms with Crippen LogP contribution in [0.25, 0.3) is 40.3 Å². The molecule has 10 aromatic rings. The number of aryl methyl sites for hydroxylation is 1. The summed E-state index contributed by atoms with van der Waals surface area (Å²) >= 11 is 3.82. The van der Waals surface area contributed by atoms with E-state index in [4.69, 9.17) is 0 Å². The van der Waals surface area contributed by atoms with Crippen LogP contribution in [-0.2, 0) is 16.2 Å². The Bertz CT molecular complexity index is 3900. The van der Waals surface area contributed by atoms with Crippen molar-refractivity contribution in [2.75, 3.05) is 14.7 Å². The average molecular weight is 958 g/mol. The smallest absolute Gasteiger partial charge is 0.252 e. The molecular weight excluding hydrogens is 898 g/mol. The van der Waals surface area contributed by atoms with Gasteiger partial charge in [-0.15, -0.1) is 22.7 Å². The molecule has 1 unspecified atom stereocenters. The molecule has 5 heterocycles. The zero-order valence-electron chi connectivity index (χ0n) is 42.5. The number of anilines is 8. The molecule has 0 bridgehead atoms. The second-order valence-corrected chi connectivity index (χ2v) is 25.9. The maximum atomic E-state index is 2.79. The molecule has 3 aliphatic heterocycles. The van der Waals surface area contributed by atoms with E-state index in [1.54, 1.807) is 0 Å². The van der Waals surface area contributed by atoms with Crippen molar-refractivity contribution in [2.45, 2.75) is 110 Å². The molecule has 8 aromatic carbocycles. The topological polar surface area (TPSA) is 9.72 Å². The van der Waals surface area contributed by atoms with Gasteiger partial charge in [-0.25, -0.2) is 0 Å². The van der Waals surface area contributed by atoms with Gasteiger partial charge in [-0.2, -0.15) is 0 Å². The van der Waals surface area contributed by atoms with Crippen LogP contribution in [0.5, 0.6) is 0 Å². The van der Waals surface area contributed by atoms with Gasteiger partial charge >= 0.3 is 0 Å². The van der Waals surface area contributed by atoms with E-state index in [2.05, 4.69) is 229 Å². The van der Waals surface area contributed by atoms with Gasteiger partial charge < -0.3 is 14.7 Å². The molecule has 2 atom stereocenters. The van der Waals surface area contributed by atoms with Crippen LogP contribution in [0.2, 0.25) is 0 Å². The summed E-state index contributed by atoms with van der Waals surface area (Å²) in [5.41, 5.74) is 19.8. The molecule has 6 heteroatoms. The SMILES string of the molecule is Cc1cc2c3c(c1)N(c1cccc4c1sc1ccccc14)c1cc(N4c5ccc(C(C)(C)C)cc5C5(C)CCCC[C@@]45C)ccc1B3c1cc(C(C)(C)C)ccc1N2c1ccc2sc3ccccc3c2c1. The minimum absolute atomic E-state index is 0.0116. The Kier molecular flexibility index (Phi) is 9.10. The molecule has 1 aliphatic carbocycles. The lowest BCUT2D eigenvalue weighted by Gasteiger charge is -2.50. The van der Waals surface area contributed by atoms with Crippen molar-refractivity contribution in [2.24, 2.45) is 0 Å². The van der Waals surface area contributed by atoms with Crippen LogP contribution in [0.1, 0.15) is 103 Å². The minimum atomic E-state index is -0.0839. The van der Waals surface area contributed by atoms with E-state index in [-0.39, 0.29) is 28.5 Å². The number of benzene rings is 8. The lowest BCUT2D eigenvalue weighted by Crippen LogP contribution is -2.61. The quantitative estimate of drug-likeness (QED) is 0.163. The van der Waals surface area contributed by atoms with Gasteiger partial charge in [0.15, 0.2) is 0 Å². The molecular formula is C65H60BN3S2. The predicted molar refractivity (Wildman–Crippen MR) is 311 cm³/mol. The van der Waals surface area contributed by atoms with Crippen LogP contribution in [0.3, 0.4) is 0 Å². The number of thiophene rings is 2. The van der Waals surface area contributed by atoms with Gasteiger partial charge in [-0.05, 0) is 149 Å². The third-order valence-corrected chi connectivity index (χ3v) is 19.9. The monoisotopic (exact) mass is 957 g/mol. The molecule has 0 spiro atoms. The van der Waals surface area contributed by atoms with E-state index in [1.165, 1.54) is 144 Å². The lowest BCUT2D eigenvalue weighted by atomic mass is 9.33. The lowest BCUT2D eigenvalue weighted by molar-refractivity contribution is 0.195. The Morgan fingerprint density at radius 2 is 1.11 bits per heavy atom. The van der Waals surface area contributed by atoms with Crippen LogP contribution >= 0.6 is 22.7 Å². The fourth-order valence-electron chi connectivity index (χ4n) is 13.6. The first-order valence-electron chi connectivity index (χ1n) is 25.9. The first-order chi connectivity index (χ1) is 34.1. The van der Waals surface area contributed by atoms with Crippen molar-refractivity contribution in [3.05, 3.63) is 174 Å². The third kappa shape index (κ3) is 6.07. The molecule has 3 nitrogen and oxygen atoms in total. The van der Waals surface area contributed by atoms with Gasteiger partial charge in [-0.3, -0.25) is 0 Å². The van der Waals surface area contributed by atoms with E-state index in [9.17, 15) is 0 Å². The molecule has 0 saturated heterocycles. The highest BCUT2D eigenvalue weighted by molar-refractivity contribution is 7.26. The van der Waals surface area contributed by atoms with Gasteiger partial charge in [0.1, 0.15) is 0 Å². The zero-order valence-corrected chi connectivity index (χ0v) is 44.1. The van der Waals surface area contributed by atoms with E-state index in [0.717, 1.165) is 6.42 Å². The minimum Gasteiger partial charge on any atom is -0.334 e. The van der Waals surface area contributed by atoms with Crippen molar-refractivity contribution >= 4 is 132 Å². The van der Waals surface area contributed by atoms with E-state index >= 15 is 0 Å². The van der Waals surface area contributed by atoms with Crippen LogP contribution in [0.4, 0.5) is 45.5 Å². The Labute approximate surface area is 427 Å². The van der Waals surface area contributed by atoms with Crippen LogP contribution in [0, 0.1) is 6.92 Å². The van der Waals surface area contributed by atoms with Crippen LogP contribution in [0.15, 0.2) is 152 Å². The van der Waals surface area contributed by atoms with Crippen molar-refractivity contribution in [1.82, 2.24) is 0 Å². The van der Waals surface area contributed by atoms with Gasteiger partial charge in [0.05, 0.1) is 15.9 Å². The normalized spacial score (nSPS) is 19.4. The second kappa shape index (κ2) is 14.9. The number of hydrogen-bond acceptors (Lipinski definition) is 5. The molecule has 4 aliphatic rings. The first kappa shape index (κ1) is 43.5. The van der Waals surface area contributed by atoms with Crippen molar-refractivity contribution in [1.29, 1.82) is 0 Å². The maximum absolute atomic E-state index is 2.79. The molecule has 350 valence electrons. The second-order valence-electron chi connectivity index (χ2n) is 23.7. The molecule has 0 amide bonds. The van der Waals surface area contributed by atoms with Gasteiger partial charge in [-0.1, -0.05) is 140 Å². The highest BCUT2D eigenvalue weighted by Gasteiger charge is 2.58. The van der Waals surface area contributed by atoms with Crippen molar-refractivity contribution < 1.29 is 0 Å². The van der Waals surface area contributed by atoms with Crippen molar-refractivity contribution in [3.63, 3.8) is 0 Å². The van der Waals surface area contributed by atoms with Gasteiger partial charge in [0.25, 0.3) is 6.71 Å². The van der Waals surface area contributed by atoms with E-state index in [0.29, 0.717) is 0 Å². The molecule has 14 rings (SSSR count). The molecule has 0 radical (unpaired) electrons. The number of fused-ring (bicyclic) bond motifs is 13. The molecule has 1 saturated carbocycles. The largest absolute Gasteiger partial charge is 0.334 e. The number of nitrogens with zero attached hydrogens (tertiary/aromatic N) is 3.